The van der Waals surface area contributed by atoms with Crippen molar-refractivity contribution in [1.29, 1.82) is 0 Å². The zero-order valence-corrected chi connectivity index (χ0v) is 11.9. The molecule has 112 valence electrons. The Balaban J connectivity index is 1.65. The molecule has 1 aliphatic carbocycles. The Morgan fingerprint density at radius 3 is 2.77 bits per heavy atom. The van der Waals surface area contributed by atoms with Crippen molar-refractivity contribution in [1.82, 2.24) is 14.5 Å². The molecular formula is C16H15N3O3. The molecule has 1 saturated heterocycles. The van der Waals surface area contributed by atoms with Crippen LogP contribution in [0, 0.1) is 12.3 Å². The summed E-state index contributed by atoms with van der Waals surface area (Å²) in [5, 5.41) is 9.78. The molecule has 0 unspecified atom stereocenters. The monoisotopic (exact) mass is 297 g/mol. The van der Waals surface area contributed by atoms with Gasteiger partial charge < -0.3 is 15.0 Å². The fourth-order valence-electron chi connectivity index (χ4n) is 2.96. The summed E-state index contributed by atoms with van der Waals surface area (Å²) < 4.78 is 1.75. The van der Waals surface area contributed by atoms with Crippen LogP contribution < -0.4 is 5.69 Å². The van der Waals surface area contributed by atoms with Crippen LogP contribution in [0.5, 0.6) is 0 Å². The number of nitrogens with one attached hydrogen (secondary N) is 1. The number of terminal acetylenes is 1. The zero-order valence-electron chi connectivity index (χ0n) is 11.9. The van der Waals surface area contributed by atoms with E-state index in [1.54, 1.807) is 22.8 Å². The summed E-state index contributed by atoms with van der Waals surface area (Å²) in [7, 11) is 0. The SMILES string of the molecule is C#CC1(O)CN(C(=O)c2ccc3c(c2)[nH]c(=O)n3C2CC2)C1. The van der Waals surface area contributed by atoms with E-state index >= 15 is 0 Å². The van der Waals surface area contributed by atoms with Crippen LogP contribution in [0.25, 0.3) is 11.0 Å². The second-order valence-electron chi connectivity index (χ2n) is 6.10. The third kappa shape index (κ3) is 1.86. The maximum Gasteiger partial charge on any atom is 0.326 e. The summed E-state index contributed by atoms with van der Waals surface area (Å²) in [5.41, 5.74) is 0.635. The fourth-order valence-corrected chi connectivity index (χ4v) is 2.96. The molecule has 1 aliphatic heterocycles. The van der Waals surface area contributed by atoms with Crippen LogP contribution in [0.15, 0.2) is 23.0 Å². The van der Waals surface area contributed by atoms with Gasteiger partial charge in [0.25, 0.3) is 5.91 Å². The lowest BCUT2D eigenvalue weighted by molar-refractivity contribution is -0.0387. The van der Waals surface area contributed by atoms with E-state index in [0.29, 0.717) is 11.1 Å². The largest absolute Gasteiger partial charge is 0.374 e. The van der Waals surface area contributed by atoms with Gasteiger partial charge in [-0.15, -0.1) is 6.42 Å². The molecule has 0 atom stereocenters. The molecule has 2 fully saturated rings. The standard InChI is InChI=1S/C16H15N3O3/c1-2-16(22)8-18(9-16)14(20)10-3-6-13-12(7-10)17-15(21)19(13)11-4-5-11/h1,3,6-7,11,22H,4-5,8-9H2,(H,17,21). The number of carbonyl (C=O) groups excluding carboxylic acids is 1. The van der Waals surface area contributed by atoms with Crippen molar-refractivity contribution in [2.24, 2.45) is 0 Å². The van der Waals surface area contributed by atoms with Gasteiger partial charge in [0.2, 0.25) is 0 Å². The first-order valence-corrected chi connectivity index (χ1v) is 7.24. The lowest BCUT2D eigenvalue weighted by Crippen LogP contribution is -2.62. The molecule has 2 aliphatic rings. The summed E-state index contributed by atoms with van der Waals surface area (Å²) in [6, 6.07) is 5.48. The third-order valence-electron chi connectivity index (χ3n) is 4.34. The fraction of sp³-hybridized carbons (Fsp3) is 0.375. The van der Waals surface area contributed by atoms with Crippen molar-refractivity contribution < 1.29 is 9.90 Å². The Labute approximate surface area is 126 Å². The van der Waals surface area contributed by atoms with Crippen LogP contribution in [0.1, 0.15) is 29.2 Å². The van der Waals surface area contributed by atoms with Crippen molar-refractivity contribution in [3.05, 3.63) is 34.2 Å². The smallest absolute Gasteiger partial charge is 0.326 e. The van der Waals surface area contributed by atoms with Crippen molar-refractivity contribution >= 4 is 16.9 Å². The molecule has 22 heavy (non-hydrogen) atoms. The molecule has 4 rings (SSSR count). The van der Waals surface area contributed by atoms with Gasteiger partial charge in [-0.3, -0.25) is 9.36 Å². The number of carbonyl (C=O) groups is 1. The Hall–Kier alpha value is -2.52. The van der Waals surface area contributed by atoms with Gasteiger partial charge in [-0.25, -0.2) is 4.79 Å². The number of β-amino-alcohol motifs (C(OH)–C–C–N with tert-alkyl or cyclic N) is 1. The van der Waals surface area contributed by atoms with Crippen LogP contribution in [-0.2, 0) is 0 Å². The lowest BCUT2D eigenvalue weighted by atomic mass is 9.94. The van der Waals surface area contributed by atoms with Crippen LogP contribution in [0.3, 0.4) is 0 Å². The van der Waals surface area contributed by atoms with Gasteiger partial charge in [0.15, 0.2) is 5.60 Å². The highest BCUT2D eigenvalue weighted by Gasteiger charge is 2.42. The highest BCUT2D eigenvalue weighted by Crippen LogP contribution is 2.35. The van der Waals surface area contributed by atoms with Gasteiger partial charge in [-0.2, -0.15) is 0 Å². The van der Waals surface area contributed by atoms with E-state index in [0.717, 1.165) is 18.4 Å². The maximum atomic E-state index is 12.4. The highest BCUT2D eigenvalue weighted by molar-refractivity contribution is 5.98. The molecule has 2 aromatic rings. The minimum atomic E-state index is -1.20. The average molecular weight is 297 g/mol. The zero-order chi connectivity index (χ0) is 15.5. The topological polar surface area (TPSA) is 78.3 Å². The summed E-state index contributed by atoms with van der Waals surface area (Å²) in [6.45, 7) is 0.278. The lowest BCUT2D eigenvalue weighted by Gasteiger charge is -2.43. The molecule has 2 N–H and O–H groups in total. The Bertz CT molecular complexity index is 876. The van der Waals surface area contributed by atoms with Crippen LogP contribution in [-0.4, -0.2) is 44.2 Å². The number of likely N-dealkylation sites (tertiary alicyclic amines) is 1. The van der Waals surface area contributed by atoms with Crippen LogP contribution >= 0.6 is 0 Å². The van der Waals surface area contributed by atoms with Crippen molar-refractivity contribution in [3.63, 3.8) is 0 Å². The molecule has 0 radical (unpaired) electrons. The molecule has 1 aromatic carbocycles. The molecule has 6 heteroatoms. The van der Waals surface area contributed by atoms with E-state index in [4.69, 9.17) is 6.42 Å². The van der Waals surface area contributed by atoms with E-state index in [1.807, 2.05) is 0 Å². The van der Waals surface area contributed by atoms with Gasteiger partial charge in [0, 0.05) is 11.6 Å². The number of imidazole rings is 1. The Kier molecular flexibility index (Phi) is 2.54. The first-order chi connectivity index (χ1) is 10.5. The number of nitrogens with zero attached hydrogens (tertiary/aromatic N) is 2. The van der Waals surface area contributed by atoms with E-state index in [-0.39, 0.29) is 30.7 Å². The molecule has 6 nitrogen and oxygen atoms in total. The summed E-state index contributed by atoms with van der Waals surface area (Å²) >= 11 is 0. The normalized spacial score (nSPS) is 19.7. The molecule has 2 heterocycles. The van der Waals surface area contributed by atoms with Gasteiger partial charge in [-0.05, 0) is 31.0 Å². The second kappa shape index (κ2) is 4.24. The van der Waals surface area contributed by atoms with Crippen molar-refractivity contribution in [3.8, 4) is 12.3 Å². The predicted molar refractivity (Wildman–Crippen MR) is 80.5 cm³/mol. The van der Waals surface area contributed by atoms with E-state index in [9.17, 15) is 14.7 Å². The number of aromatic amines is 1. The quantitative estimate of drug-likeness (QED) is 0.792. The summed E-state index contributed by atoms with van der Waals surface area (Å²) in [5.74, 6) is 2.09. The van der Waals surface area contributed by atoms with E-state index < -0.39 is 5.60 Å². The first-order valence-electron chi connectivity index (χ1n) is 7.24. The molecule has 0 bridgehead atoms. The summed E-state index contributed by atoms with van der Waals surface area (Å²) in [4.78, 5) is 28.6. The van der Waals surface area contributed by atoms with Gasteiger partial charge >= 0.3 is 5.69 Å². The van der Waals surface area contributed by atoms with E-state index in [2.05, 4.69) is 10.9 Å². The number of aliphatic hydroxyl groups is 1. The maximum absolute atomic E-state index is 12.4. The number of H-pyrrole nitrogens is 1. The molecule has 1 saturated carbocycles. The van der Waals surface area contributed by atoms with Crippen molar-refractivity contribution in [2.45, 2.75) is 24.5 Å². The number of fused-ring (bicyclic) bond motifs is 1. The van der Waals surface area contributed by atoms with Crippen molar-refractivity contribution in [2.75, 3.05) is 13.1 Å². The number of rotatable bonds is 2. The molecule has 1 aromatic heterocycles. The molecule has 1 amide bonds. The van der Waals surface area contributed by atoms with Crippen LogP contribution in [0.2, 0.25) is 0 Å². The number of hydrogen-bond donors (Lipinski definition) is 2. The Morgan fingerprint density at radius 2 is 2.14 bits per heavy atom. The average Bonchev–Trinajstić information content (AvgIpc) is 3.25. The van der Waals surface area contributed by atoms with Gasteiger partial charge in [-0.1, -0.05) is 5.92 Å². The number of amides is 1. The number of hydrogen-bond acceptors (Lipinski definition) is 3. The third-order valence-corrected chi connectivity index (χ3v) is 4.34. The second-order valence-corrected chi connectivity index (χ2v) is 6.10. The number of benzene rings is 1. The molecular weight excluding hydrogens is 282 g/mol. The van der Waals surface area contributed by atoms with E-state index in [1.165, 1.54) is 4.90 Å². The first kappa shape index (κ1) is 13.2. The van der Waals surface area contributed by atoms with Gasteiger partial charge in [0.1, 0.15) is 0 Å². The molecule has 0 spiro atoms. The summed E-state index contributed by atoms with van der Waals surface area (Å²) in [6.07, 6.45) is 7.26. The predicted octanol–water partition coefficient (Wildman–Crippen LogP) is 0.485. The Morgan fingerprint density at radius 1 is 1.41 bits per heavy atom. The van der Waals surface area contributed by atoms with Gasteiger partial charge in [0.05, 0.1) is 24.1 Å². The number of aromatic nitrogens is 2. The van der Waals surface area contributed by atoms with Crippen LogP contribution in [0.4, 0.5) is 0 Å². The minimum Gasteiger partial charge on any atom is -0.374 e. The highest BCUT2D eigenvalue weighted by atomic mass is 16.3. The minimum absolute atomic E-state index is 0.132.